The molecule has 12 rings (SSSR count). The molecule has 0 atom stereocenters. The van der Waals surface area contributed by atoms with Gasteiger partial charge in [0.2, 0.25) is 0 Å². The molecule has 60 heavy (non-hydrogen) atoms. The molecule has 0 amide bonds. The van der Waals surface area contributed by atoms with Crippen LogP contribution >= 0.6 is 0 Å². The van der Waals surface area contributed by atoms with E-state index in [-0.39, 0.29) is 0 Å². The molecule has 8 aromatic carbocycles. The third kappa shape index (κ3) is 5.59. The second-order valence-electron chi connectivity index (χ2n) is 15.1. The van der Waals surface area contributed by atoms with Crippen LogP contribution in [0.5, 0.6) is 0 Å². The van der Waals surface area contributed by atoms with E-state index in [0.717, 1.165) is 116 Å². The molecule has 0 aliphatic heterocycles. The lowest BCUT2D eigenvalue weighted by molar-refractivity contribution is 0.670. The van der Waals surface area contributed by atoms with E-state index in [9.17, 15) is 0 Å². The van der Waals surface area contributed by atoms with Gasteiger partial charge in [0, 0.05) is 54.7 Å². The zero-order valence-corrected chi connectivity index (χ0v) is 32.2. The molecule has 12 aromatic rings. The van der Waals surface area contributed by atoms with E-state index in [1.807, 2.05) is 42.5 Å². The van der Waals surface area contributed by atoms with Gasteiger partial charge in [0.25, 0.3) is 0 Å². The van der Waals surface area contributed by atoms with Gasteiger partial charge in [-0.2, -0.15) is 0 Å². The van der Waals surface area contributed by atoms with Gasteiger partial charge in [-0.1, -0.05) is 176 Å². The second kappa shape index (κ2) is 13.8. The van der Waals surface area contributed by atoms with Gasteiger partial charge in [0.05, 0.1) is 17.1 Å². The van der Waals surface area contributed by atoms with Gasteiger partial charge < -0.3 is 8.83 Å². The predicted molar refractivity (Wildman–Crippen MR) is 245 cm³/mol. The summed E-state index contributed by atoms with van der Waals surface area (Å²) in [4.78, 5) is 15.8. The van der Waals surface area contributed by atoms with E-state index in [0.29, 0.717) is 5.82 Å². The number of nitrogens with zero attached hydrogens (tertiary/aromatic N) is 3. The van der Waals surface area contributed by atoms with E-state index in [2.05, 4.69) is 158 Å². The van der Waals surface area contributed by atoms with Crippen molar-refractivity contribution in [3.05, 3.63) is 200 Å². The highest BCUT2D eigenvalue weighted by molar-refractivity contribution is 6.16. The Morgan fingerprint density at radius 2 is 0.817 bits per heavy atom. The lowest BCUT2D eigenvalue weighted by atomic mass is 9.96. The van der Waals surface area contributed by atoms with Crippen LogP contribution in [0.2, 0.25) is 0 Å². The Morgan fingerprint density at radius 1 is 0.300 bits per heavy atom. The SMILES string of the molecule is c1ccc(-c2ccccc2-c2cc(-c3ccc(-c4cccc5c4oc4ccccc45)cc3)nc(-c3ccc(-c4nc5c6ccccc6oc5c5ccccc45)cc3)n2)cc1. The van der Waals surface area contributed by atoms with Gasteiger partial charge in [-0.15, -0.1) is 0 Å². The molecule has 280 valence electrons. The van der Waals surface area contributed by atoms with Crippen LogP contribution in [0, 0.1) is 0 Å². The summed E-state index contributed by atoms with van der Waals surface area (Å²) in [5.41, 5.74) is 15.2. The summed E-state index contributed by atoms with van der Waals surface area (Å²) in [6.07, 6.45) is 0. The van der Waals surface area contributed by atoms with Crippen molar-refractivity contribution in [2.75, 3.05) is 0 Å². The van der Waals surface area contributed by atoms with E-state index in [4.69, 9.17) is 23.8 Å². The first-order valence-electron chi connectivity index (χ1n) is 20.1. The van der Waals surface area contributed by atoms with Crippen LogP contribution in [0.3, 0.4) is 0 Å². The van der Waals surface area contributed by atoms with Crippen LogP contribution in [-0.4, -0.2) is 15.0 Å². The van der Waals surface area contributed by atoms with Crippen molar-refractivity contribution in [3.8, 4) is 67.4 Å². The maximum atomic E-state index is 6.39. The molecule has 0 saturated carbocycles. The minimum Gasteiger partial charge on any atom is -0.455 e. The number of aromatic nitrogens is 3. The number of fused-ring (bicyclic) bond motifs is 8. The van der Waals surface area contributed by atoms with Crippen LogP contribution in [0.25, 0.3) is 122 Å². The molecular weight excluding hydrogens is 735 g/mol. The monoisotopic (exact) mass is 767 g/mol. The standard InChI is InChI=1S/C55H33N3O2/c1-2-13-34(14-3-1)39-15-4-5-16-41(39)48-33-47(36-27-25-35(26-28-36)40-21-12-22-44-42-17-8-10-23-49(42)59-53(40)44)56-55(57-48)38-31-29-37(30-32-38)51-43-18-6-7-19-45(43)54-52(58-51)46-20-9-11-24-50(46)60-54/h1-33H. The first-order chi connectivity index (χ1) is 29.7. The molecule has 0 aliphatic carbocycles. The molecule has 5 heteroatoms. The molecular formula is C55H33N3O2. The maximum absolute atomic E-state index is 6.39. The molecule has 5 nitrogen and oxygen atoms in total. The molecule has 4 heterocycles. The summed E-state index contributed by atoms with van der Waals surface area (Å²) < 4.78 is 12.7. The van der Waals surface area contributed by atoms with Gasteiger partial charge >= 0.3 is 0 Å². The van der Waals surface area contributed by atoms with Crippen molar-refractivity contribution >= 4 is 54.8 Å². The highest BCUT2D eigenvalue weighted by Crippen LogP contribution is 2.40. The lowest BCUT2D eigenvalue weighted by Crippen LogP contribution is -1.97. The first-order valence-corrected chi connectivity index (χ1v) is 20.1. The Bertz CT molecular complexity index is 3590. The predicted octanol–water partition coefficient (Wildman–Crippen LogP) is 14.8. The summed E-state index contributed by atoms with van der Waals surface area (Å²) in [5, 5.41) is 5.31. The van der Waals surface area contributed by atoms with E-state index in [1.54, 1.807) is 0 Å². The Balaban J connectivity index is 0.984. The second-order valence-corrected chi connectivity index (χ2v) is 15.1. The smallest absolute Gasteiger partial charge is 0.161 e. The van der Waals surface area contributed by atoms with E-state index >= 15 is 0 Å². The normalized spacial score (nSPS) is 11.7. The van der Waals surface area contributed by atoms with Crippen LogP contribution in [0.4, 0.5) is 0 Å². The summed E-state index contributed by atoms with van der Waals surface area (Å²) in [6.45, 7) is 0. The van der Waals surface area contributed by atoms with Crippen LogP contribution in [-0.2, 0) is 0 Å². The quantitative estimate of drug-likeness (QED) is 0.169. The van der Waals surface area contributed by atoms with Crippen molar-refractivity contribution < 1.29 is 8.83 Å². The van der Waals surface area contributed by atoms with Crippen molar-refractivity contribution in [2.45, 2.75) is 0 Å². The Labute approximate surface area is 344 Å². The molecule has 0 saturated heterocycles. The largest absolute Gasteiger partial charge is 0.455 e. The molecule has 0 spiro atoms. The Morgan fingerprint density at radius 3 is 1.62 bits per heavy atom. The molecule has 0 unspecified atom stereocenters. The van der Waals surface area contributed by atoms with Gasteiger partial charge in [0.15, 0.2) is 11.4 Å². The summed E-state index contributed by atoms with van der Waals surface area (Å²) >= 11 is 0. The average Bonchev–Trinajstić information content (AvgIpc) is 3.90. The number of hydrogen-bond acceptors (Lipinski definition) is 5. The summed E-state index contributed by atoms with van der Waals surface area (Å²) in [7, 11) is 0. The van der Waals surface area contributed by atoms with E-state index < -0.39 is 0 Å². The highest BCUT2D eigenvalue weighted by Gasteiger charge is 2.19. The van der Waals surface area contributed by atoms with Crippen molar-refractivity contribution in [1.29, 1.82) is 0 Å². The van der Waals surface area contributed by atoms with Crippen molar-refractivity contribution in [2.24, 2.45) is 0 Å². The van der Waals surface area contributed by atoms with Crippen molar-refractivity contribution in [1.82, 2.24) is 15.0 Å². The average molecular weight is 768 g/mol. The molecule has 0 radical (unpaired) electrons. The fourth-order valence-electron chi connectivity index (χ4n) is 8.62. The fourth-order valence-corrected chi connectivity index (χ4v) is 8.62. The van der Waals surface area contributed by atoms with Gasteiger partial charge in [-0.25, -0.2) is 15.0 Å². The molecule has 0 aliphatic rings. The highest BCUT2D eigenvalue weighted by atomic mass is 16.3. The third-order valence-electron chi connectivity index (χ3n) is 11.5. The molecule has 0 fully saturated rings. The number of benzene rings is 8. The zero-order chi connectivity index (χ0) is 39.6. The minimum atomic E-state index is 0.641. The number of rotatable bonds is 6. The van der Waals surface area contributed by atoms with Gasteiger partial charge in [-0.05, 0) is 41.0 Å². The topological polar surface area (TPSA) is 65.0 Å². The summed E-state index contributed by atoms with van der Waals surface area (Å²) in [6, 6.07) is 69.1. The zero-order valence-electron chi connectivity index (χ0n) is 32.2. The van der Waals surface area contributed by atoms with Crippen molar-refractivity contribution in [3.63, 3.8) is 0 Å². The fraction of sp³-hybridized carbons (Fsp3) is 0. The summed E-state index contributed by atoms with van der Waals surface area (Å²) in [5.74, 6) is 0.641. The van der Waals surface area contributed by atoms with Gasteiger partial charge in [0.1, 0.15) is 22.3 Å². The molecule has 0 N–H and O–H groups in total. The minimum absolute atomic E-state index is 0.641. The first kappa shape index (κ1) is 33.9. The van der Waals surface area contributed by atoms with Crippen LogP contribution < -0.4 is 0 Å². The molecule has 0 bridgehead atoms. The third-order valence-corrected chi connectivity index (χ3v) is 11.5. The number of pyridine rings is 1. The Hall–Kier alpha value is -8.15. The van der Waals surface area contributed by atoms with Crippen LogP contribution in [0.1, 0.15) is 0 Å². The lowest BCUT2D eigenvalue weighted by Gasteiger charge is -2.13. The van der Waals surface area contributed by atoms with Crippen LogP contribution in [0.15, 0.2) is 209 Å². The Kier molecular flexibility index (Phi) is 7.78. The van der Waals surface area contributed by atoms with E-state index in [1.165, 1.54) is 0 Å². The molecule has 4 aromatic heterocycles. The number of hydrogen-bond donors (Lipinski definition) is 0. The van der Waals surface area contributed by atoms with Gasteiger partial charge in [-0.3, -0.25) is 0 Å². The number of furan rings is 2. The maximum Gasteiger partial charge on any atom is 0.161 e. The number of para-hydroxylation sites is 3.